The second-order valence-electron chi connectivity index (χ2n) is 6.05. The number of ether oxygens (including phenoxy) is 1. The van der Waals surface area contributed by atoms with Crippen molar-refractivity contribution >= 4 is 17.5 Å². The summed E-state index contributed by atoms with van der Waals surface area (Å²) in [5.74, 6) is -1.63. The molecule has 1 aromatic rings. The van der Waals surface area contributed by atoms with E-state index in [1.165, 1.54) is 24.3 Å². The van der Waals surface area contributed by atoms with Crippen LogP contribution in [0.5, 0.6) is 5.75 Å². The van der Waals surface area contributed by atoms with Gasteiger partial charge in [0, 0.05) is 31.4 Å². The van der Waals surface area contributed by atoms with Crippen molar-refractivity contribution in [2.45, 2.75) is 31.9 Å². The lowest BCUT2D eigenvalue weighted by atomic mass is 10.1. The Labute approximate surface area is 148 Å². The van der Waals surface area contributed by atoms with Crippen molar-refractivity contribution in [1.82, 2.24) is 4.90 Å². The first-order chi connectivity index (χ1) is 12.1. The van der Waals surface area contributed by atoms with E-state index in [4.69, 9.17) is 5.73 Å². The zero-order valence-electron chi connectivity index (χ0n) is 14.1. The summed E-state index contributed by atoms with van der Waals surface area (Å²) in [7, 11) is 0. The maximum Gasteiger partial charge on any atom is 0.573 e. The molecular weight excluding hydrogens is 355 g/mol. The molecule has 2 unspecified atom stereocenters. The van der Waals surface area contributed by atoms with Gasteiger partial charge in [0.25, 0.3) is 0 Å². The highest BCUT2D eigenvalue weighted by Crippen LogP contribution is 2.26. The molecule has 0 spiro atoms. The normalized spacial score (nSPS) is 19.2. The largest absolute Gasteiger partial charge is 0.573 e. The summed E-state index contributed by atoms with van der Waals surface area (Å²) in [6.07, 6.45) is -6.63. The van der Waals surface area contributed by atoms with E-state index in [2.05, 4.69) is 4.74 Å². The van der Waals surface area contributed by atoms with Crippen molar-refractivity contribution in [2.75, 3.05) is 24.5 Å². The Kier molecular flexibility index (Phi) is 5.96. The summed E-state index contributed by atoms with van der Waals surface area (Å²) in [4.78, 5) is 26.5. The fourth-order valence-electron chi connectivity index (χ4n) is 2.80. The lowest BCUT2D eigenvalue weighted by Crippen LogP contribution is -2.54. The molecule has 1 aromatic carbocycles. The van der Waals surface area contributed by atoms with E-state index in [-0.39, 0.29) is 24.1 Å². The molecule has 144 valence electrons. The van der Waals surface area contributed by atoms with E-state index in [1.54, 1.807) is 4.90 Å². The van der Waals surface area contributed by atoms with Crippen LogP contribution in [-0.4, -0.2) is 60.0 Å². The van der Waals surface area contributed by atoms with E-state index in [1.807, 2.05) is 11.8 Å². The first-order valence-corrected chi connectivity index (χ1v) is 7.94. The van der Waals surface area contributed by atoms with Gasteiger partial charge in [-0.25, -0.2) is 0 Å². The van der Waals surface area contributed by atoms with Crippen LogP contribution in [0.1, 0.15) is 13.3 Å². The third kappa shape index (κ3) is 5.25. The zero-order chi connectivity index (χ0) is 19.5. The number of nitrogens with two attached hydrogens (primary N) is 1. The Balaban J connectivity index is 1.95. The summed E-state index contributed by atoms with van der Waals surface area (Å²) in [5.41, 5.74) is 5.65. The minimum Gasteiger partial charge on any atom is -0.406 e. The number of hydrogen-bond acceptors (Lipinski definition) is 5. The Morgan fingerprint density at radius 1 is 1.31 bits per heavy atom. The molecule has 2 atom stereocenters. The molecule has 1 saturated heterocycles. The minimum atomic E-state index is -4.74. The van der Waals surface area contributed by atoms with Gasteiger partial charge in [-0.05, 0) is 31.2 Å². The number of aliphatic hydroxyl groups is 1. The summed E-state index contributed by atoms with van der Waals surface area (Å²) in [6.45, 7) is 3.08. The predicted molar refractivity (Wildman–Crippen MR) is 86.3 cm³/mol. The highest BCUT2D eigenvalue weighted by atomic mass is 19.4. The average molecular weight is 375 g/mol. The third-order valence-corrected chi connectivity index (χ3v) is 4.08. The number of benzene rings is 1. The molecule has 1 aliphatic heterocycles. The number of amides is 2. The number of primary amides is 1. The summed E-state index contributed by atoms with van der Waals surface area (Å²) in [5, 5.41) is 9.43. The molecule has 3 N–H and O–H groups in total. The molecule has 7 nitrogen and oxygen atoms in total. The Morgan fingerprint density at radius 3 is 2.42 bits per heavy atom. The molecule has 0 saturated carbocycles. The number of nitrogens with zero attached hydrogens (tertiary/aromatic N) is 2. The van der Waals surface area contributed by atoms with Gasteiger partial charge >= 0.3 is 6.36 Å². The molecule has 0 aromatic heterocycles. The minimum absolute atomic E-state index is 0.206. The van der Waals surface area contributed by atoms with Crippen LogP contribution in [0.4, 0.5) is 18.9 Å². The van der Waals surface area contributed by atoms with Gasteiger partial charge in [-0.1, -0.05) is 0 Å². The quantitative estimate of drug-likeness (QED) is 0.796. The van der Waals surface area contributed by atoms with Gasteiger partial charge in [0.15, 0.2) is 0 Å². The molecule has 0 bridgehead atoms. The molecule has 1 heterocycles. The third-order valence-electron chi connectivity index (χ3n) is 4.08. The standard InChI is InChI=1S/C16H20F3N3O4/c1-10-9-21(6-7-22(10)14(24)8-13(23)15(20)25)11-2-4-12(5-3-11)26-16(17,18)19/h2-5,10,13,23H,6-9H2,1H3,(H2,20,25). The molecule has 26 heavy (non-hydrogen) atoms. The van der Waals surface area contributed by atoms with Gasteiger partial charge in [0.05, 0.1) is 6.42 Å². The maximum atomic E-state index is 12.2. The van der Waals surface area contributed by atoms with Crippen molar-refractivity contribution < 1.29 is 32.6 Å². The van der Waals surface area contributed by atoms with Crippen molar-refractivity contribution in [1.29, 1.82) is 0 Å². The fraction of sp³-hybridized carbons (Fsp3) is 0.500. The smallest absolute Gasteiger partial charge is 0.406 e. The summed E-state index contributed by atoms with van der Waals surface area (Å²) in [6, 6.07) is 5.29. The van der Waals surface area contributed by atoms with Crippen LogP contribution in [0.25, 0.3) is 0 Å². The number of carbonyl (C=O) groups excluding carboxylic acids is 2. The molecule has 1 aliphatic rings. The Bertz CT molecular complexity index is 651. The summed E-state index contributed by atoms with van der Waals surface area (Å²) < 4.78 is 40.4. The number of halogens is 3. The maximum absolute atomic E-state index is 12.2. The van der Waals surface area contributed by atoms with E-state index in [9.17, 15) is 27.9 Å². The van der Waals surface area contributed by atoms with Crippen molar-refractivity contribution in [3.8, 4) is 5.75 Å². The van der Waals surface area contributed by atoms with Crippen LogP contribution in [-0.2, 0) is 9.59 Å². The number of carbonyl (C=O) groups is 2. The molecule has 10 heteroatoms. The van der Waals surface area contributed by atoms with Crippen LogP contribution in [0.15, 0.2) is 24.3 Å². The Morgan fingerprint density at radius 2 is 1.92 bits per heavy atom. The lowest BCUT2D eigenvalue weighted by Gasteiger charge is -2.41. The predicted octanol–water partition coefficient (Wildman–Crippen LogP) is 0.859. The Hall–Kier alpha value is -2.49. The number of alkyl halides is 3. The van der Waals surface area contributed by atoms with Crippen LogP contribution < -0.4 is 15.4 Å². The first kappa shape index (κ1) is 19.8. The molecule has 0 radical (unpaired) electrons. The van der Waals surface area contributed by atoms with Gasteiger partial charge in [-0.3, -0.25) is 9.59 Å². The number of aliphatic hydroxyl groups excluding tert-OH is 1. The van der Waals surface area contributed by atoms with Gasteiger partial charge in [-0.15, -0.1) is 13.2 Å². The van der Waals surface area contributed by atoms with Gasteiger partial charge in [0.2, 0.25) is 11.8 Å². The van der Waals surface area contributed by atoms with E-state index in [0.29, 0.717) is 25.3 Å². The number of hydrogen-bond donors (Lipinski definition) is 2. The van der Waals surface area contributed by atoms with Crippen molar-refractivity contribution in [3.63, 3.8) is 0 Å². The lowest BCUT2D eigenvalue weighted by molar-refractivity contribution is -0.274. The summed E-state index contributed by atoms with van der Waals surface area (Å²) >= 11 is 0. The van der Waals surface area contributed by atoms with E-state index >= 15 is 0 Å². The monoisotopic (exact) mass is 375 g/mol. The highest BCUT2D eigenvalue weighted by molar-refractivity contribution is 5.86. The average Bonchev–Trinajstić information content (AvgIpc) is 2.53. The fourth-order valence-corrected chi connectivity index (χ4v) is 2.80. The van der Waals surface area contributed by atoms with Crippen molar-refractivity contribution in [3.05, 3.63) is 24.3 Å². The molecule has 2 amide bonds. The van der Waals surface area contributed by atoms with Crippen LogP contribution in [0, 0.1) is 0 Å². The van der Waals surface area contributed by atoms with Crippen LogP contribution >= 0.6 is 0 Å². The SMILES string of the molecule is CC1CN(c2ccc(OC(F)(F)F)cc2)CCN1C(=O)CC(O)C(N)=O. The molecule has 2 rings (SSSR count). The van der Waals surface area contributed by atoms with Gasteiger partial charge in [0.1, 0.15) is 11.9 Å². The van der Waals surface area contributed by atoms with Crippen LogP contribution in [0.3, 0.4) is 0 Å². The first-order valence-electron chi connectivity index (χ1n) is 7.94. The topological polar surface area (TPSA) is 96.1 Å². The second kappa shape index (κ2) is 7.81. The van der Waals surface area contributed by atoms with E-state index in [0.717, 1.165) is 0 Å². The van der Waals surface area contributed by atoms with E-state index < -0.39 is 18.4 Å². The number of piperazine rings is 1. The zero-order valence-corrected chi connectivity index (χ0v) is 14.1. The molecular formula is C16H20F3N3O4. The second-order valence-corrected chi connectivity index (χ2v) is 6.05. The highest BCUT2D eigenvalue weighted by Gasteiger charge is 2.32. The van der Waals surface area contributed by atoms with Gasteiger partial charge in [-0.2, -0.15) is 0 Å². The molecule has 1 fully saturated rings. The van der Waals surface area contributed by atoms with Crippen molar-refractivity contribution in [2.24, 2.45) is 5.73 Å². The molecule has 0 aliphatic carbocycles. The number of anilines is 1. The van der Waals surface area contributed by atoms with Crippen LogP contribution in [0.2, 0.25) is 0 Å². The van der Waals surface area contributed by atoms with Gasteiger partial charge < -0.3 is 25.4 Å². The number of rotatable bonds is 5.